The predicted octanol–water partition coefficient (Wildman–Crippen LogP) is 3.44. The third-order valence-electron chi connectivity index (χ3n) is 6.56. The van der Waals surface area contributed by atoms with E-state index in [9.17, 15) is 9.59 Å². The summed E-state index contributed by atoms with van der Waals surface area (Å²) in [7, 11) is 3.04. The van der Waals surface area contributed by atoms with E-state index < -0.39 is 5.91 Å². The fourth-order valence-electron chi connectivity index (χ4n) is 4.50. The van der Waals surface area contributed by atoms with E-state index in [2.05, 4.69) is 9.55 Å². The standard InChI is InChI=1S/C25H22N6O4/c1-30-22(23-27-15-11-10-13(21(26)32)12-17(15)31(23)14-6-5-7-14)29-19(20(34-2)25(30)33)24-28-16-8-3-4-9-18(16)35-24/h3-4,8-12,14H,5-7H2,1-2H3,(H2,26,32). The van der Waals surface area contributed by atoms with Crippen molar-refractivity contribution in [3.63, 3.8) is 0 Å². The van der Waals surface area contributed by atoms with Crippen molar-refractivity contribution < 1.29 is 13.9 Å². The molecule has 2 N–H and O–H groups in total. The zero-order valence-corrected chi connectivity index (χ0v) is 19.2. The van der Waals surface area contributed by atoms with Crippen LogP contribution in [0, 0.1) is 0 Å². The first kappa shape index (κ1) is 21.1. The lowest BCUT2D eigenvalue weighted by Crippen LogP contribution is -2.25. The molecule has 0 aliphatic heterocycles. The van der Waals surface area contributed by atoms with Crippen LogP contribution in [0.2, 0.25) is 0 Å². The first-order valence-corrected chi connectivity index (χ1v) is 11.3. The van der Waals surface area contributed by atoms with Crippen molar-refractivity contribution >= 4 is 28.0 Å². The minimum Gasteiger partial charge on any atom is -0.489 e. The van der Waals surface area contributed by atoms with Gasteiger partial charge < -0.3 is 19.5 Å². The molecular weight excluding hydrogens is 448 g/mol. The van der Waals surface area contributed by atoms with Gasteiger partial charge >= 0.3 is 0 Å². The Morgan fingerprint density at radius 3 is 2.57 bits per heavy atom. The summed E-state index contributed by atoms with van der Waals surface area (Å²) in [4.78, 5) is 39.3. The minimum atomic E-state index is -0.511. The van der Waals surface area contributed by atoms with Gasteiger partial charge in [-0.2, -0.15) is 0 Å². The number of hydrogen-bond acceptors (Lipinski definition) is 7. The van der Waals surface area contributed by atoms with E-state index in [1.54, 1.807) is 31.3 Å². The number of carbonyl (C=O) groups is 1. The number of fused-ring (bicyclic) bond motifs is 2. The Balaban J connectivity index is 1.63. The van der Waals surface area contributed by atoms with Crippen LogP contribution < -0.4 is 16.0 Å². The lowest BCUT2D eigenvalue weighted by molar-refractivity contribution is 0.100. The molecule has 10 heteroatoms. The molecule has 0 radical (unpaired) electrons. The van der Waals surface area contributed by atoms with Crippen LogP contribution in [0.1, 0.15) is 35.7 Å². The van der Waals surface area contributed by atoms with Crippen LogP contribution in [0.4, 0.5) is 0 Å². The fourth-order valence-corrected chi connectivity index (χ4v) is 4.50. The Labute approximate surface area is 199 Å². The van der Waals surface area contributed by atoms with Crippen molar-refractivity contribution in [1.82, 2.24) is 24.1 Å². The van der Waals surface area contributed by atoms with Crippen molar-refractivity contribution in [1.29, 1.82) is 0 Å². The topological polar surface area (TPSA) is 131 Å². The van der Waals surface area contributed by atoms with Gasteiger partial charge in [0.1, 0.15) is 5.52 Å². The summed E-state index contributed by atoms with van der Waals surface area (Å²) in [6.45, 7) is 0. The Hall–Kier alpha value is -4.47. The number of rotatable bonds is 5. The van der Waals surface area contributed by atoms with Gasteiger partial charge in [-0.1, -0.05) is 12.1 Å². The number of methoxy groups -OCH3 is 1. The maximum atomic E-state index is 13.4. The third kappa shape index (κ3) is 3.21. The number of oxazole rings is 1. The summed E-state index contributed by atoms with van der Waals surface area (Å²) < 4.78 is 14.8. The SMILES string of the molecule is COc1c(-c2nc3ccccc3o2)nc(-c2nc3ccc(C(N)=O)cc3n2C2CCC2)n(C)c1=O. The van der Waals surface area contributed by atoms with Gasteiger partial charge in [-0.25, -0.2) is 15.0 Å². The summed E-state index contributed by atoms with van der Waals surface area (Å²) in [5, 5.41) is 0. The van der Waals surface area contributed by atoms with Gasteiger partial charge in [0, 0.05) is 18.7 Å². The van der Waals surface area contributed by atoms with Crippen LogP contribution in [0.5, 0.6) is 5.75 Å². The van der Waals surface area contributed by atoms with Crippen LogP contribution >= 0.6 is 0 Å². The number of amides is 1. The molecule has 0 atom stereocenters. The van der Waals surface area contributed by atoms with Crippen molar-refractivity contribution in [2.75, 3.05) is 7.11 Å². The van der Waals surface area contributed by atoms with E-state index in [0.717, 1.165) is 24.8 Å². The lowest BCUT2D eigenvalue weighted by Gasteiger charge is -2.29. The van der Waals surface area contributed by atoms with Crippen molar-refractivity contribution in [3.8, 4) is 29.0 Å². The number of imidazole rings is 1. The van der Waals surface area contributed by atoms with E-state index in [1.165, 1.54) is 11.7 Å². The van der Waals surface area contributed by atoms with Gasteiger partial charge in [-0.15, -0.1) is 0 Å². The van der Waals surface area contributed by atoms with Crippen LogP contribution in [-0.2, 0) is 7.05 Å². The van der Waals surface area contributed by atoms with Gasteiger partial charge in [0.15, 0.2) is 22.9 Å². The molecule has 1 saturated carbocycles. The normalized spacial score (nSPS) is 13.9. The van der Waals surface area contributed by atoms with Gasteiger partial charge in [-0.3, -0.25) is 14.2 Å². The highest BCUT2D eigenvalue weighted by molar-refractivity contribution is 5.96. The second kappa shape index (κ2) is 7.79. The molecule has 1 aliphatic carbocycles. The summed E-state index contributed by atoms with van der Waals surface area (Å²) in [5.74, 6) is 0.570. The summed E-state index contributed by atoms with van der Waals surface area (Å²) in [6, 6.07) is 12.7. The van der Waals surface area contributed by atoms with Crippen molar-refractivity contribution in [2.24, 2.45) is 12.8 Å². The van der Waals surface area contributed by atoms with E-state index >= 15 is 0 Å². The first-order valence-electron chi connectivity index (χ1n) is 11.3. The maximum Gasteiger partial charge on any atom is 0.296 e. The molecule has 1 amide bonds. The molecule has 176 valence electrons. The fraction of sp³-hybridized carbons (Fsp3) is 0.240. The average Bonchev–Trinajstić information content (AvgIpc) is 3.41. The van der Waals surface area contributed by atoms with E-state index in [4.69, 9.17) is 24.9 Å². The smallest absolute Gasteiger partial charge is 0.296 e. The summed E-state index contributed by atoms with van der Waals surface area (Å²) in [6.07, 6.45) is 3.01. The second-order valence-corrected chi connectivity index (χ2v) is 8.63. The number of nitrogens with zero attached hydrogens (tertiary/aromatic N) is 5. The third-order valence-corrected chi connectivity index (χ3v) is 6.56. The minimum absolute atomic E-state index is 0.0325. The number of ether oxygens (including phenoxy) is 1. The summed E-state index contributed by atoms with van der Waals surface area (Å²) >= 11 is 0. The Morgan fingerprint density at radius 1 is 1.09 bits per heavy atom. The van der Waals surface area contributed by atoms with Crippen LogP contribution in [-0.4, -0.2) is 37.1 Å². The molecule has 6 rings (SSSR count). The number of primary amides is 1. The van der Waals surface area contributed by atoms with E-state index in [1.807, 2.05) is 18.2 Å². The molecular formula is C25H22N6O4. The second-order valence-electron chi connectivity index (χ2n) is 8.63. The van der Waals surface area contributed by atoms with Crippen molar-refractivity contribution in [3.05, 3.63) is 58.4 Å². The van der Waals surface area contributed by atoms with Gasteiger partial charge in [0.2, 0.25) is 17.5 Å². The molecule has 35 heavy (non-hydrogen) atoms. The molecule has 2 aromatic carbocycles. The summed E-state index contributed by atoms with van der Waals surface area (Å²) in [5.41, 5.74) is 8.42. The molecule has 1 aliphatic rings. The highest BCUT2D eigenvalue weighted by atomic mass is 16.5. The van der Waals surface area contributed by atoms with Gasteiger partial charge in [0.25, 0.3) is 5.56 Å². The van der Waals surface area contributed by atoms with Crippen LogP contribution in [0.3, 0.4) is 0 Å². The molecule has 5 aromatic rings. The monoisotopic (exact) mass is 470 g/mol. The quantitative estimate of drug-likeness (QED) is 0.416. The highest BCUT2D eigenvalue weighted by Crippen LogP contribution is 2.39. The lowest BCUT2D eigenvalue weighted by atomic mass is 9.92. The van der Waals surface area contributed by atoms with Gasteiger partial charge in [-0.05, 0) is 49.6 Å². The number of nitrogens with two attached hydrogens (primary N) is 1. The molecule has 0 saturated heterocycles. The Bertz CT molecular complexity index is 1660. The predicted molar refractivity (Wildman–Crippen MR) is 129 cm³/mol. The number of carbonyl (C=O) groups excluding carboxylic acids is 1. The molecule has 0 bridgehead atoms. The molecule has 0 unspecified atom stereocenters. The number of para-hydroxylation sites is 2. The molecule has 10 nitrogen and oxygen atoms in total. The van der Waals surface area contributed by atoms with Gasteiger partial charge in [0.05, 0.1) is 18.1 Å². The van der Waals surface area contributed by atoms with E-state index in [-0.39, 0.29) is 28.9 Å². The number of hydrogen-bond donors (Lipinski definition) is 1. The molecule has 3 heterocycles. The number of benzene rings is 2. The number of aromatic nitrogens is 5. The maximum absolute atomic E-state index is 13.4. The van der Waals surface area contributed by atoms with Crippen molar-refractivity contribution in [2.45, 2.75) is 25.3 Å². The molecule has 1 fully saturated rings. The largest absolute Gasteiger partial charge is 0.489 e. The average molecular weight is 470 g/mol. The highest BCUT2D eigenvalue weighted by Gasteiger charge is 2.29. The Kier molecular flexibility index (Phi) is 4.70. The van der Waals surface area contributed by atoms with E-state index in [0.29, 0.717) is 33.8 Å². The zero-order chi connectivity index (χ0) is 24.3. The first-order chi connectivity index (χ1) is 17.0. The molecule has 3 aromatic heterocycles. The van der Waals surface area contributed by atoms with Crippen LogP contribution in [0.25, 0.3) is 45.4 Å². The zero-order valence-electron chi connectivity index (χ0n) is 19.2. The molecule has 0 spiro atoms. The Morgan fingerprint density at radius 2 is 1.89 bits per heavy atom. The van der Waals surface area contributed by atoms with Crippen LogP contribution in [0.15, 0.2) is 51.7 Å².